The summed E-state index contributed by atoms with van der Waals surface area (Å²) in [5.41, 5.74) is -0.972. The van der Waals surface area contributed by atoms with Crippen molar-refractivity contribution >= 4 is 6.03 Å². The van der Waals surface area contributed by atoms with Crippen LogP contribution in [0, 0.1) is 17.6 Å². The van der Waals surface area contributed by atoms with Crippen molar-refractivity contribution in [2.24, 2.45) is 5.92 Å². The molecule has 0 heterocycles. The Morgan fingerprint density at radius 2 is 2.00 bits per heavy atom. The molecular formula is C16H22F2N2O2. The van der Waals surface area contributed by atoms with Crippen LogP contribution in [0.4, 0.5) is 13.6 Å². The summed E-state index contributed by atoms with van der Waals surface area (Å²) in [5, 5.41) is 15.3. The number of carbonyl (C=O) groups is 1. The molecule has 0 bridgehead atoms. The van der Waals surface area contributed by atoms with Gasteiger partial charge in [-0.2, -0.15) is 0 Å². The van der Waals surface area contributed by atoms with Gasteiger partial charge < -0.3 is 15.7 Å². The fraction of sp³-hybridized carbons (Fsp3) is 0.562. The molecule has 0 radical (unpaired) electrons. The van der Waals surface area contributed by atoms with Crippen LogP contribution in [0.1, 0.15) is 38.7 Å². The highest BCUT2D eigenvalue weighted by Gasteiger charge is 2.42. The minimum Gasteiger partial charge on any atom is -0.388 e. The summed E-state index contributed by atoms with van der Waals surface area (Å²) < 4.78 is 27.3. The van der Waals surface area contributed by atoms with Crippen LogP contribution in [0.2, 0.25) is 0 Å². The number of halogens is 2. The van der Waals surface area contributed by atoms with Gasteiger partial charge in [0.15, 0.2) is 0 Å². The monoisotopic (exact) mass is 312 g/mol. The van der Waals surface area contributed by atoms with Gasteiger partial charge in [0.2, 0.25) is 0 Å². The van der Waals surface area contributed by atoms with Gasteiger partial charge in [0.05, 0.1) is 5.60 Å². The summed E-state index contributed by atoms with van der Waals surface area (Å²) in [7, 11) is 0. The maximum absolute atomic E-state index is 13.6. The van der Waals surface area contributed by atoms with Gasteiger partial charge in [-0.1, -0.05) is 19.9 Å². The lowest BCUT2D eigenvalue weighted by atomic mass is 9.93. The first-order valence-corrected chi connectivity index (χ1v) is 7.43. The van der Waals surface area contributed by atoms with Crippen LogP contribution in [-0.4, -0.2) is 29.3 Å². The van der Waals surface area contributed by atoms with E-state index >= 15 is 0 Å². The molecular weight excluding hydrogens is 290 g/mol. The van der Waals surface area contributed by atoms with Crippen LogP contribution in [0.25, 0.3) is 0 Å². The zero-order valence-electron chi connectivity index (χ0n) is 13.0. The van der Waals surface area contributed by atoms with E-state index in [0.717, 1.165) is 0 Å². The van der Waals surface area contributed by atoms with E-state index in [9.17, 15) is 18.7 Å². The van der Waals surface area contributed by atoms with Gasteiger partial charge in [-0.15, -0.1) is 0 Å². The predicted molar refractivity (Wildman–Crippen MR) is 79.5 cm³/mol. The molecule has 1 aliphatic rings. The maximum Gasteiger partial charge on any atom is 0.315 e. The van der Waals surface area contributed by atoms with E-state index in [1.807, 2.05) is 13.8 Å². The third-order valence-corrected chi connectivity index (χ3v) is 4.33. The Balaban J connectivity index is 1.86. The average molecular weight is 312 g/mol. The Bertz CT molecular complexity index is 541. The van der Waals surface area contributed by atoms with Gasteiger partial charge in [0.1, 0.15) is 11.6 Å². The minimum absolute atomic E-state index is 0.00557. The highest BCUT2D eigenvalue weighted by Crippen LogP contribution is 2.42. The zero-order valence-corrected chi connectivity index (χ0v) is 13.0. The van der Waals surface area contributed by atoms with Gasteiger partial charge >= 0.3 is 6.03 Å². The molecule has 2 rings (SSSR count). The third kappa shape index (κ3) is 3.74. The van der Waals surface area contributed by atoms with Gasteiger partial charge in [0.25, 0.3) is 0 Å². The number of carbonyl (C=O) groups excluding carboxylic acids is 1. The molecule has 1 aliphatic carbocycles. The van der Waals surface area contributed by atoms with Crippen molar-refractivity contribution in [1.82, 2.24) is 10.6 Å². The number of rotatable bonds is 5. The van der Waals surface area contributed by atoms with Crippen molar-refractivity contribution in [2.45, 2.75) is 44.8 Å². The SMILES string of the molecule is CC(C)C(C)(O)CNC(=O)NC1CC1c1c(F)cccc1F. The fourth-order valence-electron chi connectivity index (χ4n) is 2.22. The van der Waals surface area contributed by atoms with Gasteiger partial charge in [-0.25, -0.2) is 13.6 Å². The van der Waals surface area contributed by atoms with Gasteiger partial charge in [0, 0.05) is 24.1 Å². The quantitative estimate of drug-likeness (QED) is 0.782. The summed E-state index contributed by atoms with van der Waals surface area (Å²) in [6.07, 6.45) is 0.506. The van der Waals surface area contributed by atoms with Crippen molar-refractivity contribution in [3.05, 3.63) is 35.4 Å². The minimum atomic E-state index is -1.00. The van der Waals surface area contributed by atoms with Crippen LogP contribution >= 0.6 is 0 Å². The number of benzene rings is 1. The van der Waals surface area contributed by atoms with Crippen molar-refractivity contribution in [1.29, 1.82) is 0 Å². The standard InChI is InChI=1S/C16H22F2N2O2/c1-9(2)16(3,22)8-19-15(21)20-13-7-10(13)14-11(17)5-4-6-12(14)18/h4-6,9-10,13,22H,7-8H2,1-3H3,(H2,19,20,21). The second kappa shape index (κ2) is 6.20. The summed E-state index contributed by atoms with van der Waals surface area (Å²) >= 11 is 0. The molecule has 3 unspecified atom stereocenters. The largest absolute Gasteiger partial charge is 0.388 e. The first kappa shape index (κ1) is 16.7. The van der Waals surface area contributed by atoms with Crippen LogP contribution < -0.4 is 10.6 Å². The van der Waals surface area contributed by atoms with E-state index in [0.29, 0.717) is 6.42 Å². The highest BCUT2D eigenvalue weighted by molar-refractivity contribution is 5.75. The normalized spacial score (nSPS) is 23.0. The lowest BCUT2D eigenvalue weighted by molar-refractivity contribution is 0.0166. The molecule has 2 amide bonds. The lowest BCUT2D eigenvalue weighted by Crippen LogP contribution is -2.48. The molecule has 1 aromatic carbocycles. The van der Waals surface area contributed by atoms with E-state index in [1.54, 1.807) is 6.92 Å². The Kier molecular flexibility index (Phi) is 4.70. The average Bonchev–Trinajstić information content (AvgIpc) is 3.15. The molecule has 1 saturated carbocycles. The van der Waals surface area contributed by atoms with E-state index < -0.39 is 23.3 Å². The van der Waals surface area contributed by atoms with Crippen LogP contribution in [-0.2, 0) is 0 Å². The fourth-order valence-corrected chi connectivity index (χ4v) is 2.22. The number of hydrogen-bond donors (Lipinski definition) is 3. The molecule has 0 aliphatic heterocycles. The molecule has 0 spiro atoms. The molecule has 1 aromatic rings. The predicted octanol–water partition coefficient (Wildman–Crippen LogP) is 2.53. The first-order valence-electron chi connectivity index (χ1n) is 7.43. The number of amides is 2. The van der Waals surface area contributed by atoms with E-state index in [4.69, 9.17) is 0 Å². The smallest absolute Gasteiger partial charge is 0.315 e. The molecule has 1 fully saturated rings. The first-order chi connectivity index (χ1) is 10.2. The van der Waals surface area contributed by atoms with Crippen LogP contribution in [0.3, 0.4) is 0 Å². The second-order valence-corrected chi connectivity index (χ2v) is 6.42. The third-order valence-electron chi connectivity index (χ3n) is 4.33. The molecule has 122 valence electrons. The van der Waals surface area contributed by atoms with Crippen LogP contribution in [0.15, 0.2) is 18.2 Å². The zero-order chi connectivity index (χ0) is 16.5. The molecule has 0 saturated heterocycles. The van der Waals surface area contributed by atoms with E-state index in [-0.39, 0.29) is 30.0 Å². The number of aliphatic hydroxyl groups is 1. The molecule has 3 N–H and O–H groups in total. The van der Waals surface area contributed by atoms with Crippen molar-refractivity contribution in [2.75, 3.05) is 6.54 Å². The summed E-state index contributed by atoms with van der Waals surface area (Å²) in [4.78, 5) is 11.8. The van der Waals surface area contributed by atoms with E-state index in [1.165, 1.54) is 18.2 Å². The molecule has 22 heavy (non-hydrogen) atoms. The summed E-state index contributed by atoms with van der Waals surface area (Å²) in [6.45, 7) is 5.48. The number of hydrogen-bond acceptors (Lipinski definition) is 2. The van der Waals surface area contributed by atoms with Gasteiger partial charge in [-0.05, 0) is 31.4 Å². The molecule has 3 atom stereocenters. The van der Waals surface area contributed by atoms with Crippen molar-refractivity contribution in [3.8, 4) is 0 Å². The Labute approximate surface area is 128 Å². The Morgan fingerprint density at radius 3 is 2.55 bits per heavy atom. The molecule has 4 nitrogen and oxygen atoms in total. The number of urea groups is 1. The number of nitrogens with one attached hydrogen (secondary N) is 2. The van der Waals surface area contributed by atoms with Gasteiger partial charge in [-0.3, -0.25) is 0 Å². The maximum atomic E-state index is 13.6. The highest BCUT2D eigenvalue weighted by atomic mass is 19.1. The van der Waals surface area contributed by atoms with Crippen molar-refractivity contribution < 1.29 is 18.7 Å². The molecule has 0 aromatic heterocycles. The topological polar surface area (TPSA) is 61.4 Å². The Morgan fingerprint density at radius 1 is 1.41 bits per heavy atom. The second-order valence-electron chi connectivity index (χ2n) is 6.42. The van der Waals surface area contributed by atoms with Crippen molar-refractivity contribution in [3.63, 3.8) is 0 Å². The van der Waals surface area contributed by atoms with E-state index in [2.05, 4.69) is 10.6 Å². The summed E-state index contributed by atoms with van der Waals surface area (Å²) in [6, 6.07) is 3.03. The Hall–Kier alpha value is -1.69. The lowest BCUT2D eigenvalue weighted by Gasteiger charge is -2.27. The molecule has 6 heteroatoms. The summed E-state index contributed by atoms with van der Waals surface area (Å²) in [5.74, 6) is -1.51. The van der Waals surface area contributed by atoms with Crippen LogP contribution in [0.5, 0.6) is 0 Å².